The molecule has 1 saturated heterocycles. The van der Waals surface area contributed by atoms with Crippen LogP contribution in [0.5, 0.6) is 5.75 Å². The zero-order valence-electron chi connectivity index (χ0n) is 18.1. The fourth-order valence-electron chi connectivity index (χ4n) is 3.83. The Labute approximate surface area is 196 Å². The summed E-state index contributed by atoms with van der Waals surface area (Å²) in [5.74, 6) is 0.389. The van der Waals surface area contributed by atoms with Crippen LogP contribution in [-0.4, -0.2) is 15.7 Å². The molecule has 5 rings (SSSR count). The number of benzene rings is 3. The molecular formula is C27H22N2O3S. The summed E-state index contributed by atoms with van der Waals surface area (Å²) < 4.78 is 8.19. The summed E-state index contributed by atoms with van der Waals surface area (Å²) in [6, 6.07) is 24.5. The Morgan fingerprint density at radius 2 is 1.76 bits per heavy atom. The molecule has 0 saturated carbocycles. The van der Waals surface area contributed by atoms with Crippen molar-refractivity contribution in [3.8, 4) is 5.75 Å². The van der Waals surface area contributed by atoms with Crippen molar-refractivity contribution in [2.24, 2.45) is 0 Å². The number of carbonyl (C=O) groups is 2. The number of aryl methyl sites for hydroxylation is 1. The molecule has 3 aromatic carbocycles. The zero-order chi connectivity index (χ0) is 22.8. The fourth-order valence-corrected chi connectivity index (χ4v) is 4.51. The van der Waals surface area contributed by atoms with E-state index in [0.717, 1.165) is 39.5 Å². The maximum Gasteiger partial charge on any atom is 0.290 e. The van der Waals surface area contributed by atoms with Crippen molar-refractivity contribution in [1.29, 1.82) is 0 Å². The highest BCUT2D eigenvalue weighted by Crippen LogP contribution is 2.32. The molecule has 1 aliphatic rings. The number of thioether (sulfide) groups is 1. The van der Waals surface area contributed by atoms with Crippen LogP contribution in [0.15, 0.2) is 83.9 Å². The molecule has 164 valence electrons. The van der Waals surface area contributed by atoms with Gasteiger partial charge in [-0.3, -0.25) is 14.9 Å². The maximum absolute atomic E-state index is 12.1. The molecule has 1 aliphatic heterocycles. The minimum Gasteiger partial charge on any atom is -0.489 e. The van der Waals surface area contributed by atoms with E-state index in [2.05, 4.69) is 41.1 Å². The minimum atomic E-state index is -0.360. The first-order valence-corrected chi connectivity index (χ1v) is 11.5. The predicted octanol–water partition coefficient (Wildman–Crippen LogP) is 5.90. The first-order chi connectivity index (χ1) is 16.0. The van der Waals surface area contributed by atoms with Crippen LogP contribution in [-0.2, 0) is 17.9 Å². The lowest BCUT2D eigenvalue weighted by Crippen LogP contribution is -2.17. The van der Waals surface area contributed by atoms with Crippen molar-refractivity contribution in [3.05, 3.63) is 106 Å². The monoisotopic (exact) mass is 454 g/mol. The van der Waals surface area contributed by atoms with E-state index in [0.29, 0.717) is 18.1 Å². The van der Waals surface area contributed by atoms with Crippen LogP contribution in [0.4, 0.5) is 4.79 Å². The number of hydrogen-bond acceptors (Lipinski definition) is 4. The number of rotatable bonds is 6. The number of amides is 2. The van der Waals surface area contributed by atoms with Gasteiger partial charge >= 0.3 is 0 Å². The van der Waals surface area contributed by atoms with Crippen molar-refractivity contribution in [1.82, 2.24) is 9.88 Å². The molecule has 5 nitrogen and oxygen atoms in total. The van der Waals surface area contributed by atoms with Crippen molar-refractivity contribution in [2.75, 3.05) is 0 Å². The molecule has 0 bridgehead atoms. The number of fused-ring (bicyclic) bond motifs is 1. The van der Waals surface area contributed by atoms with E-state index in [9.17, 15) is 9.59 Å². The Bertz CT molecular complexity index is 1370. The number of imide groups is 1. The molecule has 33 heavy (non-hydrogen) atoms. The van der Waals surface area contributed by atoms with Gasteiger partial charge in [0.05, 0.1) is 4.91 Å². The molecule has 1 aromatic heterocycles. The summed E-state index contributed by atoms with van der Waals surface area (Å²) in [7, 11) is 0. The SMILES string of the molecule is Cc1ccc(Cn2cc(/C=C3\SC(=O)NC3=O)c3cc(OCc4ccccc4)ccc32)cc1. The minimum absolute atomic E-state index is 0.346. The Morgan fingerprint density at radius 3 is 2.48 bits per heavy atom. The Hall–Kier alpha value is -3.77. The first kappa shape index (κ1) is 21.1. The molecule has 2 heterocycles. The number of aromatic nitrogens is 1. The normalized spacial score (nSPS) is 14.8. The smallest absolute Gasteiger partial charge is 0.290 e. The van der Waals surface area contributed by atoms with E-state index in [1.807, 2.05) is 54.7 Å². The predicted molar refractivity (Wildman–Crippen MR) is 132 cm³/mol. The zero-order valence-corrected chi connectivity index (χ0v) is 18.9. The second-order valence-electron chi connectivity index (χ2n) is 8.00. The van der Waals surface area contributed by atoms with E-state index in [1.165, 1.54) is 11.1 Å². The van der Waals surface area contributed by atoms with Crippen molar-refractivity contribution >= 4 is 39.9 Å². The number of ether oxygens (including phenoxy) is 1. The molecule has 0 atom stereocenters. The third-order valence-electron chi connectivity index (χ3n) is 5.53. The summed E-state index contributed by atoms with van der Waals surface area (Å²) in [5, 5.41) is 2.94. The van der Waals surface area contributed by atoms with Gasteiger partial charge in [0.1, 0.15) is 12.4 Å². The summed E-state index contributed by atoms with van der Waals surface area (Å²) in [6.45, 7) is 3.24. The van der Waals surface area contributed by atoms with Gasteiger partial charge in [0.25, 0.3) is 11.1 Å². The maximum atomic E-state index is 12.1. The van der Waals surface area contributed by atoms with Crippen LogP contribution < -0.4 is 10.1 Å². The topological polar surface area (TPSA) is 60.3 Å². The van der Waals surface area contributed by atoms with E-state index in [-0.39, 0.29) is 11.1 Å². The third kappa shape index (κ3) is 4.71. The van der Waals surface area contributed by atoms with E-state index < -0.39 is 0 Å². The summed E-state index contributed by atoms with van der Waals surface area (Å²) in [5.41, 5.74) is 5.40. The van der Waals surface area contributed by atoms with Gasteiger partial charge in [0, 0.05) is 29.2 Å². The molecule has 4 aromatic rings. The molecule has 0 spiro atoms. The van der Waals surface area contributed by atoms with Crippen molar-refractivity contribution in [3.63, 3.8) is 0 Å². The van der Waals surface area contributed by atoms with Gasteiger partial charge < -0.3 is 9.30 Å². The van der Waals surface area contributed by atoms with Gasteiger partial charge in [-0.15, -0.1) is 0 Å². The molecule has 1 fully saturated rings. The average molecular weight is 455 g/mol. The van der Waals surface area contributed by atoms with Crippen LogP contribution in [0.25, 0.3) is 17.0 Å². The van der Waals surface area contributed by atoms with Gasteiger partial charge in [-0.2, -0.15) is 0 Å². The Balaban J connectivity index is 1.52. The number of carbonyl (C=O) groups excluding carboxylic acids is 2. The van der Waals surface area contributed by atoms with Crippen LogP contribution in [0.3, 0.4) is 0 Å². The standard InChI is InChI=1S/C27H22N2O3S/c1-18-7-9-19(10-8-18)15-29-16-21(13-25-26(30)28-27(31)33-25)23-14-22(11-12-24(23)29)32-17-20-5-3-2-4-6-20/h2-14,16H,15,17H2,1H3,(H,28,30,31)/b25-13-. The molecule has 0 unspecified atom stereocenters. The Kier molecular flexibility index (Phi) is 5.75. The van der Waals surface area contributed by atoms with Gasteiger partial charge in [0.15, 0.2) is 0 Å². The van der Waals surface area contributed by atoms with Crippen LogP contribution >= 0.6 is 11.8 Å². The Morgan fingerprint density at radius 1 is 0.970 bits per heavy atom. The highest BCUT2D eigenvalue weighted by atomic mass is 32.2. The largest absolute Gasteiger partial charge is 0.489 e. The summed E-state index contributed by atoms with van der Waals surface area (Å²) in [6.07, 6.45) is 3.80. The lowest BCUT2D eigenvalue weighted by molar-refractivity contribution is -0.115. The van der Waals surface area contributed by atoms with Crippen molar-refractivity contribution in [2.45, 2.75) is 20.1 Å². The van der Waals surface area contributed by atoms with Gasteiger partial charge in [0.2, 0.25) is 0 Å². The molecule has 2 amide bonds. The molecule has 6 heteroatoms. The number of nitrogens with zero attached hydrogens (tertiary/aromatic N) is 1. The first-order valence-electron chi connectivity index (χ1n) is 10.7. The summed E-state index contributed by atoms with van der Waals surface area (Å²) in [4.78, 5) is 24.2. The highest BCUT2D eigenvalue weighted by Gasteiger charge is 2.25. The quantitative estimate of drug-likeness (QED) is 0.369. The summed E-state index contributed by atoms with van der Waals surface area (Å²) >= 11 is 0.925. The molecule has 1 N–H and O–H groups in total. The van der Waals surface area contributed by atoms with E-state index in [1.54, 1.807) is 6.08 Å². The fraction of sp³-hybridized carbons (Fsp3) is 0.111. The third-order valence-corrected chi connectivity index (χ3v) is 6.34. The lowest BCUT2D eigenvalue weighted by atomic mass is 10.1. The van der Waals surface area contributed by atoms with Gasteiger partial charge in [-0.05, 0) is 54.1 Å². The number of hydrogen-bond donors (Lipinski definition) is 1. The lowest BCUT2D eigenvalue weighted by Gasteiger charge is -2.09. The van der Waals surface area contributed by atoms with Crippen LogP contribution in [0.1, 0.15) is 22.3 Å². The highest BCUT2D eigenvalue weighted by molar-refractivity contribution is 8.18. The van der Waals surface area contributed by atoms with Crippen LogP contribution in [0.2, 0.25) is 0 Å². The van der Waals surface area contributed by atoms with E-state index >= 15 is 0 Å². The second kappa shape index (κ2) is 9.00. The van der Waals surface area contributed by atoms with E-state index in [4.69, 9.17) is 4.74 Å². The van der Waals surface area contributed by atoms with Gasteiger partial charge in [-0.1, -0.05) is 60.2 Å². The van der Waals surface area contributed by atoms with Crippen molar-refractivity contribution < 1.29 is 14.3 Å². The molecule has 0 aliphatic carbocycles. The molecular weight excluding hydrogens is 432 g/mol. The van der Waals surface area contributed by atoms with Crippen LogP contribution in [0, 0.1) is 6.92 Å². The van der Waals surface area contributed by atoms with Gasteiger partial charge in [-0.25, -0.2) is 0 Å². The molecule has 0 radical (unpaired) electrons. The number of nitrogens with one attached hydrogen (secondary N) is 1. The average Bonchev–Trinajstić information content (AvgIpc) is 3.32. The second-order valence-corrected chi connectivity index (χ2v) is 9.02.